The van der Waals surface area contributed by atoms with E-state index in [0.717, 1.165) is 11.1 Å². The Kier molecular flexibility index (Phi) is 4.97. The largest absolute Gasteiger partial charge is 0.481 e. The van der Waals surface area contributed by atoms with E-state index >= 15 is 0 Å². The third-order valence-electron chi connectivity index (χ3n) is 3.55. The molecule has 21 heavy (non-hydrogen) atoms. The molecule has 0 saturated heterocycles. The molecule has 0 amide bonds. The summed E-state index contributed by atoms with van der Waals surface area (Å²) in [5.41, 5.74) is 2.34. The van der Waals surface area contributed by atoms with Gasteiger partial charge in [0.25, 0.3) is 0 Å². The van der Waals surface area contributed by atoms with E-state index in [-0.39, 0.29) is 6.42 Å². The van der Waals surface area contributed by atoms with Crippen LogP contribution in [-0.2, 0) is 17.6 Å². The van der Waals surface area contributed by atoms with E-state index in [9.17, 15) is 14.3 Å². The molecule has 1 unspecified atom stereocenters. The first kappa shape index (κ1) is 15.5. The van der Waals surface area contributed by atoms with E-state index < -0.39 is 17.7 Å². The highest BCUT2D eigenvalue weighted by atomic mass is 35.5. The second-order valence-corrected chi connectivity index (χ2v) is 5.54. The van der Waals surface area contributed by atoms with Crippen molar-refractivity contribution in [2.24, 2.45) is 5.92 Å². The van der Waals surface area contributed by atoms with E-state index in [1.807, 2.05) is 31.2 Å². The monoisotopic (exact) mass is 306 g/mol. The van der Waals surface area contributed by atoms with Crippen LogP contribution in [0.3, 0.4) is 0 Å². The maximum absolute atomic E-state index is 13.8. The number of rotatable bonds is 5. The lowest BCUT2D eigenvalue weighted by molar-refractivity contribution is -0.141. The summed E-state index contributed by atoms with van der Waals surface area (Å²) in [5, 5.41) is 9.80. The van der Waals surface area contributed by atoms with Crippen molar-refractivity contribution in [3.05, 3.63) is 70.0 Å². The van der Waals surface area contributed by atoms with E-state index in [2.05, 4.69) is 0 Å². The Hall–Kier alpha value is -1.87. The number of aryl methyl sites for hydroxylation is 1. The lowest BCUT2D eigenvalue weighted by Crippen LogP contribution is -2.20. The third-order valence-corrected chi connectivity index (χ3v) is 3.79. The fourth-order valence-electron chi connectivity index (χ4n) is 2.32. The van der Waals surface area contributed by atoms with Gasteiger partial charge < -0.3 is 5.11 Å². The zero-order valence-electron chi connectivity index (χ0n) is 11.6. The molecule has 2 nitrogen and oxygen atoms in total. The summed E-state index contributed by atoms with van der Waals surface area (Å²) in [4.78, 5) is 11.5. The molecule has 4 heteroatoms. The van der Waals surface area contributed by atoms with Crippen molar-refractivity contribution in [1.82, 2.24) is 0 Å². The predicted octanol–water partition coefficient (Wildman–Crippen LogP) is 4.27. The predicted molar refractivity (Wildman–Crippen MR) is 81.1 cm³/mol. The standard InChI is InChI=1S/C17H16ClFO2/c1-11-4-2-3-5-12(11)8-14(17(20)21)9-13-10-15(18)6-7-16(13)19/h2-7,10,14H,8-9H2,1H3,(H,20,21). The summed E-state index contributed by atoms with van der Waals surface area (Å²) >= 11 is 5.85. The number of hydrogen-bond acceptors (Lipinski definition) is 1. The van der Waals surface area contributed by atoms with Gasteiger partial charge in [-0.2, -0.15) is 0 Å². The van der Waals surface area contributed by atoms with E-state index in [4.69, 9.17) is 11.6 Å². The minimum atomic E-state index is -0.933. The molecule has 110 valence electrons. The van der Waals surface area contributed by atoms with Crippen molar-refractivity contribution < 1.29 is 14.3 Å². The van der Waals surface area contributed by atoms with Crippen LogP contribution in [0.5, 0.6) is 0 Å². The normalized spacial score (nSPS) is 12.1. The molecule has 1 atom stereocenters. The molecular formula is C17H16ClFO2. The molecule has 0 aromatic heterocycles. The Morgan fingerprint density at radius 1 is 1.19 bits per heavy atom. The fraction of sp³-hybridized carbons (Fsp3) is 0.235. The van der Waals surface area contributed by atoms with Crippen molar-refractivity contribution >= 4 is 17.6 Å². The molecule has 0 heterocycles. The SMILES string of the molecule is Cc1ccccc1CC(Cc1cc(Cl)ccc1F)C(=O)O. The van der Waals surface area contributed by atoms with Gasteiger partial charge in [0.05, 0.1) is 5.92 Å². The summed E-state index contributed by atoms with van der Waals surface area (Å²) in [6.07, 6.45) is 0.490. The smallest absolute Gasteiger partial charge is 0.307 e. The minimum absolute atomic E-state index is 0.121. The molecule has 0 bridgehead atoms. The van der Waals surface area contributed by atoms with E-state index in [0.29, 0.717) is 17.0 Å². The van der Waals surface area contributed by atoms with Crippen LogP contribution in [0.2, 0.25) is 5.02 Å². The molecule has 0 fully saturated rings. The molecule has 2 aromatic rings. The average molecular weight is 307 g/mol. The van der Waals surface area contributed by atoms with Gasteiger partial charge >= 0.3 is 5.97 Å². The van der Waals surface area contributed by atoms with Crippen molar-refractivity contribution in [2.45, 2.75) is 19.8 Å². The second kappa shape index (κ2) is 6.72. The number of carboxylic acids is 1. The molecule has 0 aliphatic carbocycles. The molecule has 0 saturated carbocycles. The second-order valence-electron chi connectivity index (χ2n) is 5.11. The topological polar surface area (TPSA) is 37.3 Å². The number of hydrogen-bond donors (Lipinski definition) is 1. The maximum atomic E-state index is 13.8. The van der Waals surface area contributed by atoms with Gasteiger partial charge in [-0.25, -0.2) is 4.39 Å². The van der Waals surface area contributed by atoms with Crippen LogP contribution >= 0.6 is 11.6 Å². The Morgan fingerprint density at radius 2 is 1.86 bits per heavy atom. The minimum Gasteiger partial charge on any atom is -0.481 e. The Bertz CT molecular complexity index is 655. The number of carbonyl (C=O) groups is 1. The van der Waals surface area contributed by atoms with Crippen LogP contribution in [0.15, 0.2) is 42.5 Å². The molecule has 0 spiro atoms. The highest BCUT2D eigenvalue weighted by Crippen LogP contribution is 2.22. The lowest BCUT2D eigenvalue weighted by Gasteiger charge is -2.15. The van der Waals surface area contributed by atoms with Gasteiger partial charge in [0.15, 0.2) is 0 Å². The highest BCUT2D eigenvalue weighted by Gasteiger charge is 2.21. The average Bonchev–Trinajstić information content (AvgIpc) is 2.44. The van der Waals surface area contributed by atoms with Gasteiger partial charge in [0, 0.05) is 5.02 Å². The first-order chi connectivity index (χ1) is 9.97. The van der Waals surface area contributed by atoms with Crippen molar-refractivity contribution in [3.63, 3.8) is 0 Å². The van der Waals surface area contributed by atoms with Crippen LogP contribution in [0.4, 0.5) is 4.39 Å². The molecule has 1 N–H and O–H groups in total. The third kappa shape index (κ3) is 4.05. The van der Waals surface area contributed by atoms with E-state index in [1.54, 1.807) is 0 Å². The Morgan fingerprint density at radius 3 is 2.52 bits per heavy atom. The Labute approximate surface area is 128 Å². The van der Waals surface area contributed by atoms with Gasteiger partial charge in [-0.05, 0) is 54.7 Å². The highest BCUT2D eigenvalue weighted by molar-refractivity contribution is 6.30. The van der Waals surface area contributed by atoms with E-state index in [1.165, 1.54) is 18.2 Å². The van der Waals surface area contributed by atoms with Gasteiger partial charge in [-0.15, -0.1) is 0 Å². The summed E-state index contributed by atoms with van der Waals surface area (Å²) in [5.74, 6) is -2.04. The first-order valence-corrected chi connectivity index (χ1v) is 7.06. The summed E-state index contributed by atoms with van der Waals surface area (Å²) in [7, 11) is 0. The fourth-order valence-corrected chi connectivity index (χ4v) is 2.51. The van der Waals surface area contributed by atoms with Crippen LogP contribution < -0.4 is 0 Å². The molecular weight excluding hydrogens is 291 g/mol. The van der Waals surface area contributed by atoms with Gasteiger partial charge in [-0.3, -0.25) is 4.79 Å². The lowest BCUT2D eigenvalue weighted by atomic mass is 9.91. The molecule has 0 aliphatic rings. The zero-order chi connectivity index (χ0) is 15.4. The van der Waals surface area contributed by atoms with Gasteiger partial charge in [-0.1, -0.05) is 35.9 Å². The number of carboxylic acid groups (broad SMARTS) is 1. The summed E-state index contributed by atoms with van der Waals surface area (Å²) in [6, 6.07) is 11.8. The summed E-state index contributed by atoms with van der Waals surface area (Å²) < 4.78 is 13.8. The maximum Gasteiger partial charge on any atom is 0.307 e. The quantitative estimate of drug-likeness (QED) is 0.895. The van der Waals surface area contributed by atoms with Crippen LogP contribution in [-0.4, -0.2) is 11.1 Å². The first-order valence-electron chi connectivity index (χ1n) is 6.68. The van der Waals surface area contributed by atoms with Crippen molar-refractivity contribution in [3.8, 4) is 0 Å². The van der Waals surface area contributed by atoms with Gasteiger partial charge in [0.1, 0.15) is 5.82 Å². The number of benzene rings is 2. The molecule has 0 radical (unpaired) electrons. The number of aliphatic carboxylic acids is 1. The summed E-state index contributed by atoms with van der Waals surface area (Å²) in [6.45, 7) is 1.94. The van der Waals surface area contributed by atoms with Crippen LogP contribution in [0.1, 0.15) is 16.7 Å². The van der Waals surface area contributed by atoms with Crippen molar-refractivity contribution in [2.75, 3.05) is 0 Å². The van der Waals surface area contributed by atoms with Gasteiger partial charge in [0.2, 0.25) is 0 Å². The van der Waals surface area contributed by atoms with Crippen LogP contribution in [0, 0.1) is 18.7 Å². The molecule has 0 aliphatic heterocycles. The molecule has 2 aromatic carbocycles. The van der Waals surface area contributed by atoms with Crippen LogP contribution in [0.25, 0.3) is 0 Å². The Balaban J connectivity index is 2.22. The zero-order valence-corrected chi connectivity index (χ0v) is 12.4. The van der Waals surface area contributed by atoms with Crippen molar-refractivity contribution in [1.29, 1.82) is 0 Å². The molecule has 2 rings (SSSR count). The number of halogens is 2.